The number of rotatable bonds is 10. The van der Waals surface area contributed by atoms with Crippen molar-refractivity contribution in [1.29, 1.82) is 5.26 Å². The van der Waals surface area contributed by atoms with Gasteiger partial charge >= 0.3 is 0 Å². The molecule has 0 unspecified atom stereocenters. The molecule has 0 fully saturated rings. The zero-order valence-electron chi connectivity index (χ0n) is 20.6. The number of hydrogen-bond acceptors (Lipinski definition) is 6. The molecule has 7 nitrogen and oxygen atoms in total. The number of benzene rings is 3. The lowest BCUT2D eigenvalue weighted by atomic mass is 10.1. The number of aryl methyl sites for hydroxylation is 1. The van der Waals surface area contributed by atoms with Crippen LogP contribution in [0.1, 0.15) is 23.6 Å². The number of hydrogen-bond donors (Lipinski definition) is 1. The third-order valence-electron chi connectivity index (χ3n) is 5.25. The molecule has 1 N–H and O–H groups in total. The Hall–Kier alpha value is -4.15. The first kappa shape index (κ1) is 26.5. The molecule has 36 heavy (non-hydrogen) atoms. The van der Waals surface area contributed by atoms with Crippen LogP contribution in [-0.4, -0.2) is 26.7 Å². The van der Waals surface area contributed by atoms with E-state index in [4.69, 9.17) is 30.5 Å². The van der Waals surface area contributed by atoms with Gasteiger partial charge in [-0.15, -0.1) is 0 Å². The fourth-order valence-corrected chi connectivity index (χ4v) is 3.65. The molecular formula is C28H27ClN2O5. The van der Waals surface area contributed by atoms with Crippen LogP contribution in [-0.2, 0) is 11.4 Å². The van der Waals surface area contributed by atoms with E-state index in [1.165, 1.54) is 6.08 Å². The van der Waals surface area contributed by atoms with Gasteiger partial charge in [-0.1, -0.05) is 17.7 Å². The largest absolute Gasteiger partial charge is 0.497 e. The van der Waals surface area contributed by atoms with E-state index in [0.29, 0.717) is 45.9 Å². The fourth-order valence-electron chi connectivity index (χ4n) is 3.42. The summed E-state index contributed by atoms with van der Waals surface area (Å²) in [5, 5.41) is 12.9. The molecule has 0 bridgehead atoms. The smallest absolute Gasteiger partial charge is 0.266 e. The molecule has 0 radical (unpaired) electrons. The SMILES string of the molecule is CCOc1cc(/C=C(\C#N)C(=O)Nc2ccc(Cl)cc2C)ccc1OCc1cc(OC)ccc1OC. The third kappa shape index (κ3) is 6.71. The van der Waals surface area contributed by atoms with Crippen molar-refractivity contribution in [3.8, 4) is 29.1 Å². The van der Waals surface area contributed by atoms with Gasteiger partial charge in [-0.3, -0.25) is 4.79 Å². The molecule has 0 spiro atoms. The van der Waals surface area contributed by atoms with E-state index >= 15 is 0 Å². The van der Waals surface area contributed by atoms with E-state index < -0.39 is 5.91 Å². The molecule has 0 aliphatic heterocycles. The van der Waals surface area contributed by atoms with Gasteiger partial charge in [-0.05, 0) is 79.6 Å². The van der Waals surface area contributed by atoms with Gasteiger partial charge in [-0.25, -0.2) is 0 Å². The number of ether oxygens (including phenoxy) is 4. The zero-order valence-corrected chi connectivity index (χ0v) is 21.3. The highest BCUT2D eigenvalue weighted by molar-refractivity contribution is 6.30. The minimum atomic E-state index is -0.522. The van der Waals surface area contributed by atoms with Crippen molar-refractivity contribution < 1.29 is 23.7 Å². The zero-order chi connectivity index (χ0) is 26.1. The fraction of sp³-hybridized carbons (Fsp3) is 0.214. The Bertz CT molecular complexity index is 1310. The van der Waals surface area contributed by atoms with E-state index in [1.54, 1.807) is 50.6 Å². The van der Waals surface area contributed by atoms with Gasteiger partial charge in [-0.2, -0.15) is 5.26 Å². The predicted octanol–water partition coefficient (Wildman–Crippen LogP) is 6.19. The summed E-state index contributed by atoms with van der Waals surface area (Å²) in [6.45, 7) is 4.32. The number of nitrogens with one attached hydrogen (secondary N) is 1. The van der Waals surface area contributed by atoms with Crippen LogP contribution in [0.3, 0.4) is 0 Å². The standard InChI is InChI=1S/C28H27ClN2O5/c1-5-35-27-14-19(13-20(16-30)28(32)31-24-9-7-22(29)12-18(24)2)6-10-26(27)36-17-21-15-23(33-3)8-11-25(21)34-4/h6-15H,5,17H2,1-4H3,(H,31,32)/b20-13+. The van der Waals surface area contributed by atoms with Crippen LogP contribution in [0.15, 0.2) is 60.2 Å². The summed E-state index contributed by atoms with van der Waals surface area (Å²) in [5.41, 5.74) is 2.74. The summed E-state index contributed by atoms with van der Waals surface area (Å²) >= 11 is 5.98. The first-order valence-corrected chi connectivity index (χ1v) is 11.6. The molecule has 0 atom stereocenters. The molecule has 1 amide bonds. The number of halogens is 1. The normalized spacial score (nSPS) is 10.8. The van der Waals surface area contributed by atoms with Crippen LogP contribution < -0.4 is 24.3 Å². The van der Waals surface area contributed by atoms with Gasteiger partial charge in [0.2, 0.25) is 0 Å². The maximum Gasteiger partial charge on any atom is 0.266 e. The molecule has 0 aliphatic carbocycles. The quantitative estimate of drug-likeness (QED) is 0.260. The average Bonchev–Trinajstić information content (AvgIpc) is 2.88. The Kier molecular flexibility index (Phi) is 9.20. The second-order valence-electron chi connectivity index (χ2n) is 7.69. The first-order chi connectivity index (χ1) is 17.4. The minimum absolute atomic E-state index is 0.0541. The molecule has 0 saturated carbocycles. The number of carbonyl (C=O) groups excluding carboxylic acids is 1. The van der Waals surface area contributed by atoms with Gasteiger partial charge in [0, 0.05) is 16.3 Å². The predicted molar refractivity (Wildman–Crippen MR) is 140 cm³/mol. The number of nitriles is 1. The van der Waals surface area contributed by atoms with Crippen molar-refractivity contribution in [1.82, 2.24) is 0 Å². The highest BCUT2D eigenvalue weighted by Gasteiger charge is 2.14. The highest BCUT2D eigenvalue weighted by atomic mass is 35.5. The Balaban J connectivity index is 1.82. The molecule has 186 valence electrons. The van der Waals surface area contributed by atoms with Crippen LogP contribution in [0.2, 0.25) is 5.02 Å². The van der Waals surface area contributed by atoms with Gasteiger partial charge in [0.05, 0.1) is 20.8 Å². The monoisotopic (exact) mass is 506 g/mol. The molecule has 8 heteroatoms. The minimum Gasteiger partial charge on any atom is -0.497 e. The Morgan fingerprint density at radius 3 is 2.44 bits per heavy atom. The molecule has 0 heterocycles. The van der Waals surface area contributed by atoms with Crippen LogP contribution in [0.4, 0.5) is 5.69 Å². The molecule has 0 aliphatic rings. The van der Waals surface area contributed by atoms with E-state index in [0.717, 1.165) is 11.1 Å². The summed E-state index contributed by atoms with van der Waals surface area (Å²) in [6, 6.07) is 17.7. The lowest BCUT2D eigenvalue weighted by Gasteiger charge is -2.15. The van der Waals surface area contributed by atoms with E-state index in [2.05, 4.69) is 5.32 Å². The topological polar surface area (TPSA) is 89.8 Å². The summed E-state index contributed by atoms with van der Waals surface area (Å²) in [6.07, 6.45) is 1.50. The van der Waals surface area contributed by atoms with Crippen LogP contribution in [0, 0.1) is 18.3 Å². The Morgan fingerprint density at radius 2 is 1.78 bits per heavy atom. The molecule has 3 aromatic carbocycles. The highest BCUT2D eigenvalue weighted by Crippen LogP contribution is 2.32. The molecule has 0 aromatic heterocycles. The lowest BCUT2D eigenvalue weighted by molar-refractivity contribution is -0.112. The number of amides is 1. The summed E-state index contributed by atoms with van der Waals surface area (Å²) in [5.74, 6) is 1.84. The summed E-state index contributed by atoms with van der Waals surface area (Å²) in [4.78, 5) is 12.7. The van der Waals surface area contributed by atoms with Crippen molar-refractivity contribution >= 4 is 29.3 Å². The molecular weight excluding hydrogens is 480 g/mol. The van der Waals surface area contributed by atoms with Crippen molar-refractivity contribution in [2.75, 3.05) is 26.1 Å². The van der Waals surface area contributed by atoms with E-state index in [9.17, 15) is 10.1 Å². The van der Waals surface area contributed by atoms with Gasteiger partial charge in [0.15, 0.2) is 11.5 Å². The van der Waals surface area contributed by atoms with Crippen molar-refractivity contribution in [2.45, 2.75) is 20.5 Å². The summed E-state index contributed by atoms with van der Waals surface area (Å²) < 4.78 is 22.5. The maximum absolute atomic E-state index is 12.7. The molecule has 3 rings (SSSR count). The number of anilines is 1. The number of carbonyl (C=O) groups is 1. The van der Waals surface area contributed by atoms with Gasteiger partial charge < -0.3 is 24.3 Å². The molecule has 0 saturated heterocycles. The van der Waals surface area contributed by atoms with Crippen molar-refractivity contribution in [3.63, 3.8) is 0 Å². The van der Waals surface area contributed by atoms with E-state index in [1.807, 2.05) is 38.1 Å². The number of nitrogens with zero attached hydrogens (tertiary/aromatic N) is 1. The first-order valence-electron chi connectivity index (χ1n) is 11.2. The van der Waals surface area contributed by atoms with Crippen LogP contribution in [0.25, 0.3) is 6.08 Å². The van der Waals surface area contributed by atoms with Crippen molar-refractivity contribution in [3.05, 3.63) is 81.9 Å². The summed E-state index contributed by atoms with van der Waals surface area (Å²) in [7, 11) is 3.19. The second-order valence-corrected chi connectivity index (χ2v) is 8.13. The van der Waals surface area contributed by atoms with Crippen molar-refractivity contribution in [2.24, 2.45) is 0 Å². The average molecular weight is 507 g/mol. The number of methoxy groups -OCH3 is 2. The van der Waals surface area contributed by atoms with Gasteiger partial charge in [0.25, 0.3) is 5.91 Å². The molecule has 3 aromatic rings. The maximum atomic E-state index is 12.7. The third-order valence-corrected chi connectivity index (χ3v) is 5.49. The van der Waals surface area contributed by atoms with Crippen LogP contribution in [0.5, 0.6) is 23.0 Å². The Morgan fingerprint density at radius 1 is 1.00 bits per heavy atom. The Labute approximate surface area is 215 Å². The second kappa shape index (κ2) is 12.5. The lowest BCUT2D eigenvalue weighted by Crippen LogP contribution is -2.14. The van der Waals surface area contributed by atoms with Crippen LogP contribution >= 0.6 is 11.6 Å². The van der Waals surface area contributed by atoms with Gasteiger partial charge in [0.1, 0.15) is 29.7 Å². The van der Waals surface area contributed by atoms with E-state index in [-0.39, 0.29) is 12.2 Å².